The zero-order chi connectivity index (χ0) is 16.2. The van der Waals surface area contributed by atoms with Crippen LogP contribution in [0.4, 0.5) is 5.69 Å². The van der Waals surface area contributed by atoms with Crippen LogP contribution in [-0.2, 0) is 0 Å². The van der Waals surface area contributed by atoms with Crippen molar-refractivity contribution in [3.05, 3.63) is 42.0 Å². The van der Waals surface area contributed by atoms with Crippen molar-refractivity contribution in [3.63, 3.8) is 0 Å². The smallest absolute Gasteiger partial charge is 0.259 e. The van der Waals surface area contributed by atoms with Gasteiger partial charge in [-0.05, 0) is 24.3 Å². The molecule has 1 N–H and O–H groups in total. The number of anilines is 1. The van der Waals surface area contributed by atoms with Crippen LogP contribution < -0.4 is 24.3 Å². The number of nitrogens with one attached hydrogen (secondary N) is 1. The fraction of sp³-hybridized carbons (Fsp3) is 0.235. The third-order valence-corrected chi connectivity index (χ3v) is 3.45. The molecule has 6 nitrogen and oxygen atoms in total. The summed E-state index contributed by atoms with van der Waals surface area (Å²) in [5.41, 5.74) is 1.01. The molecule has 0 atom stereocenters. The highest BCUT2D eigenvalue weighted by molar-refractivity contribution is 6.06. The Morgan fingerprint density at radius 1 is 1.04 bits per heavy atom. The summed E-state index contributed by atoms with van der Waals surface area (Å²) in [6.45, 7) is 1.02. The van der Waals surface area contributed by atoms with E-state index in [9.17, 15) is 4.79 Å². The second-order valence-corrected chi connectivity index (χ2v) is 4.85. The van der Waals surface area contributed by atoms with Crippen molar-refractivity contribution in [1.29, 1.82) is 0 Å². The van der Waals surface area contributed by atoms with Gasteiger partial charge in [0.05, 0.1) is 19.8 Å². The predicted octanol–water partition coefficient (Wildman–Crippen LogP) is 2.73. The summed E-state index contributed by atoms with van der Waals surface area (Å²) in [5, 5.41) is 2.82. The molecule has 0 saturated heterocycles. The van der Waals surface area contributed by atoms with Gasteiger partial charge in [0, 0.05) is 11.8 Å². The molecule has 0 fully saturated rings. The number of hydrogen-bond acceptors (Lipinski definition) is 5. The number of hydrogen-bond donors (Lipinski definition) is 1. The first-order chi connectivity index (χ1) is 11.2. The molecule has 23 heavy (non-hydrogen) atoms. The molecule has 1 aliphatic heterocycles. The molecule has 0 radical (unpaired) electrons. The van der Waals surface area contributed by atoms with Crippen molar-refractivity contribution in [2.24, 2.45) is 0 Å². The molecule has 120 valence electrons. The summed E-state index contributed by atoms with van der Waals surface area (Å²) < 4.78 is 21.5. The molecule has 1 amide bonds. The monoisotopic (exact) mass is 315 g/mol. The van der Waals surface area contributed by atoms with Crippen LogP contribution >= 0.6 is 0 Å². The van der Waals surface area contributed by atoms with E-state index in [1.54, 1.807) is 36.4 Å². The highest BCUT2D eigenvalue weighted by atomic mass is 16.6. The lowest BCUT2D eigenvalue weighted by molar-refractivity contribution is 0.102. The van der Waals surface area contributed by atoms with Gasteiger partial charge >= 0.3 is 0 Å². The van der Waals surface area contributed by atoms with Gasteiger partial charge in [0.1, 0.15) is 13.2 Å². The van der Waals surface area contributed by atoms with E-state index in [1.807, 2.05) is 0 Å². The number of para-hydroxylation sites is 1. The zero-order valence-electron chi connectivity index (χ0n) is 12.9. The van der Waals surface area contributed by atoms with E-state index in [4.69, 9.17) is 18.9 Å². The molecule has 2 aromatic rings. The Morgan fingerprint density at radius 3 is 2.57 bits per heavy atom. The lowest BCUT2D eigenvalue weighted by Crippen LogP contribution is -2.17. The lowest BCUT2D eigenvalue weighted by Gasteiger charge is -2.19. The number of fused-ring (bicyclic) bond motifs is 1. The molecule has 2 aromatic carbocycles. The summed E-state index contributed by atoms with van der Waals surface area (Å²) in [7, 11) is 3.03. The number of carbonyl (C=O) groups excluding carboxylic acids is 1. The Balaban J connectivity index is 1.85. The molecule has 0 bridgehead atoms. The van der Waals surface area contributed by atoms with Gasteiger partial charge in [-0.15, -0.1) is 0 Å². The minimum Gasteiger partial charge on any atom is -0.493 e. The van der Waals surface area contributed by atoms with E-state index >= 15 is 0 Å². The van der Waals surface area contributed by atoms with E-state index in [0.29, 0.717) is 47.5 Å². The van der Waals surface area contributed by atoms with Crippen LogP contribution in [0.25, 0.3) is 0 Å². The minimum absolute atomic E-state index is 0.294. The zero-order valence-corrected chi connectivity index (χ0v) is 12.9. The lowest BCUT2D eigenvalue weighted by atomic mass is 10.1. The number of amides is 1. The molecule has 1 aliphatic rings. The van der Waals surface area contributed by atoms with Crippen LogP contribution in [0.5, 0.6) is 23.0 Å². The molecule has 1 heterocycles. The summed E-state index contributed by atoms with van der Waals surface area (Å²) >= 11 is 0. The molecule has 3 rings (SSSR count). The topological polar surface area (TPSA) is 66.0 Å². The van der Waals surface area contributed by atoms with Gasteiger partial charge in [-0.1, -0.05) is 6.07 Å². The molecular weight excluding hydrogens is 298 g/mol. The van der Waals surface area contributed by atoms with E-state index in [-0.39, 0.29) is 5.91 Å². The van der Waals surface area contributed by atoms with Gasteiger partial charge in [0.25, 0.3) is 5.91 Å². The maximum atomic E-state index is 12.5. The number of ether oxygens (including phenoxy) is 4. The number of benzene rings is 2. The summed E-state index contributed by atoms with van der Waals surface area (Å²) in [5.74, 6) is 1.89. The molecule has 0 spiro atoms. The third kappa shape index (κ3) is 3.01. The van der Waals surface area contributed by atoms with Gasteiger partial charge < -0.3 is 24.3 Å². The van der Waals surface area contributed by atoms with Crippen molar-refractivity contribution < 1.29 is 23.7 Å². The highest BCUT2D eigenvalue weighted by Gasteiger charge is 2.18. The second-order valence-electron chi connectivity index (χ2n) is 4.85. The van der Waals surface area contributed by atoms with Gasteiger partial charge in [0.15, 0.2) is 23.0 Å². The Hall–Kier alpha value is -2.89. The quantitative estimate of drug-likeness (QED) is 0.940. The third-order valence-electron chi connectivity index (χ3n) is 3.45. The van der Waals surface area contributed by atoms with Crippen molar-refractivity contribution in [2.75, 3.05) is 32.8 Å². The van der Waals surface area contributed by atoms with Gasteiger partial charge in [0.2, 0.25) is 0 Å². The maximum absolute atomic E-state index is 12.5. The van der Waals surface area contributed by atoms with Crippen molar-refractivity contribution in [1.82, 2.24) is 0 Å². The number of carbonyl (C=O) groups is 1. The van der Waals surface area contributed by atoms with Gasteiger partial charge in [-0.25, -0.2) is 0 Å². The standard InChI is InChI=1S/C17H17NO5/c1-20-14-5-3-4-12(16(14)21-2)17(19)18-11-6-7-13-15(10-11)23-9-8-22-13/h3-7,10H,8-9H2,1-2H3,(H,18,19). The Morgan fingerprint density at radius 2 is 1.83 bits per heavy atom. The van der Waals surface area contributed by atoms with Crippen LogP contribution in [0.1, 0.15) is 10.4 Å². The van der Waals surface area contributed by atoms with E-state index < -0.39 is 0 Å². The molecule has 0 aromatic heterocycles. The summed E-state index contributed by atoms with van der Waals surface area (Å²) in [6.07, 6.45) is 0. The Labute approximate surface area is 133 Å². The average Bonchev–Trinajstić information content (AvgIpc) is 2.60. The van der Waals surface area contributed by atoms with Crippen LogP contribution in [0.3, 0.4) is 0 Å². The fourth-order valence-electron chi connectivity index (χ4n) is 2.39. The van der Waals surface area contributed by atoms with Crippen LogP contribution in [0, 0.1) is 0 Å². The SMILES string of the molecule is COc1cccc(C(=O)Nc2ccc3c(c2)OCCO3)c1OC. The molecule has 0 saturated carbocycles. The van der Waals surface area contributed by atoms with E-state index in [1.165, 1.54) is 14.2 Å². The molecule has 6 heteroatoms. The molecular formula is C17H17NO5. The largest absolute Gasteiger partial charge is 0.493 e. The van der Waals surface area contributed by atoms with E-state index in [2.05, 4.69) is 5.32 Å². The van der Waals surface area contributed by atoms with Crippen LogP contribution in [-0.4, -0.2) is 33.3 Å². The minimum atomic E-state index is -0.294. The van der Waals surface area contributed by atoms with Crippen molar-refractivity contribution >= 4 is 11.6 Å². The van der Waals surface area contributed by atoms with Gasteiger partial charge in [-0.2, -0.15) is 0 Å². The van der Waals surface area contributed by atoms with Crippen LogP contribution in [0.15, 0.2) is 36.4 Å². The summed E-state index contributed by atoms with van der Waals surface area (Å²) in [4.78, 5) is 12.5. The maximum Gasteiger partial charge on any atom is 0.259 e. The van der Waals surface area contributed by atoms with Crippen molar-refractivity contribution in [3.8, 4) is 23.0 Å². The van der Waals surface area contributed by atoms with Gasteiger partial charge in [-0.3, -0.25) is 4.79 Å². The first-order valence-corrected chi connectivity index (χ1v) is 7.15. The first kappa shape index (κ1) is 15.0. The molecule has 0 aliphatic carbocycles. The van der Waals surface area contributed by atoms with Crippen LogP contribution in [0.2, 0.25) is 0 Å². The second kappa shape index (κ2) is 6.48. The predicted molar refractivity (Wildman–Crippen MR) is 84.9 cm³/mol. The molecule has 0 unspecified atom stereocenters. The van der Waals surface area contributed by atoms with E-state index in [0.717, 1.165) is 0 Å². The number of rotatable bonds is 4. The fourth-order valence-corrected chi connectivity index (χ4v) is 2.39. The first-order valence-electron chi connectivity index (χ1n) is 7.15. The number of methoxy groups -OCH3 is 2. The van der Waals surface area contributed by atoms with Crippen molar-refractivity contribution in [2.45, 2.75) is 0 Å². The Bertz CT molecular complexity index is 729. The highest BCUT2D eigenvalue weighted by Crippen LogP contribution is 2.34. The summed E-state index contributed by atoms with van der Waals surface area (Å²) in [6, 6.07) is 10.4. The Kier molecular flexibility index (Phi) is 4.23. The normalized spacial score (nSPS) is 12.4. The average molecular weight is 315 g/mol.